The van der Waals surface area contributed by atoms with E-state index in [0.717, 1.165) is 17.3 Å². The molecule has 0 atom stereocenters. The lowest BCUT2D eigenvalue weighted by molar-refractivity contribution is -0.123. The maximum absolute atomic E-state index is 12.5. The highest BCUT2D eigenvalue weighted by atomic mass is 35.5. The molecule has 0 aromatic heterocycles. The maximum Gasteiger partial charge on any atom is 0.293 e. The molecule has 1 aliphatic rings. The van der Waals surface area contributed by atoms with E-state index in [1.54, 1.807) is 36.4 Å². The summed E-state index contributed by atoms with van der Waals surface area (Å²) in [6, 6.07) is 14.3. The first-order chi connectivity index (χ1) is 11.0. The van der Waals surface area contributed by atoms with E-state index in [4.69, 9.17) is 23.2 Å². The Morgan fingerprint density at radius 3 is 2.57 bits per heavy atom. The van der Waals surface area contributed by atoms with Crippen molar-refractivity contribution >= 4 is 52.2 Å². The minimum absolute atomic E-state index is 0.199. The van der Waals surface area contributed by atoms with Gasteiger partial charge in [0.15, 0.2) is 0 Å². The number of carbonyl (C=O) groups is 2. The number of amides is 2. The summed E-state index contributed by atoms with van der Waals surface area (Å²) in [7, 11) is 0. The highest BCUT2D eigenvalue weighted by Gasteiger charge is 2.35. The van der Waals surface area contributed by atoms with Gasteiger partial charge in [0.05, 0.1) is 11.4 Å². The molecular weight excluding hydrogens is 353 g/mol. The van der Waals surface area contributed by atoms with Crippen molar-refractivity contribution in [3.8, 4) is 0 Å². The third kappa shape index (κ3) is 3.61. The monoisotopic (exact) mass is 363 g/mol. The van der Waals surface area contributed by atoms with Gasteiger partial charge in [-0.2, -0.15) is 0 Å². The number of thioether (sulfide) groups is 1. The molecular formula is C17H11Cl2NO2S. The molecule has 116 valence electrons. The minimum atomic E-state index is -0.320. The molecule has 3 nitrogen and oxygen atoms in total. The number of carbonyl (C=O) groups excluding carboxylic acids is 2. The Hall–Kier alpha value is -1.75. The van der Waals surface area contributed by atoms with Crippen LogP contribution in [0.3, 0.4) is 0 Å². The molecule has 1 saturated heterocycles. The summed E-state index contributed by atoms with van der Waals surface area (Å²) >= 11 is 12.9. The van der Waals surface area contributed by atoms with E-state index in [1.165, 1.54) is 4.90 Å². The summed E-state index contributed by atoms with van der Waals surface area (Å²) in [6.45, 7) is 0.199. The molecule has 0 radical (unpaired) electrons. The molecule has 0 spiro atoms. The van der Waals surface area contributed by atoms with E-state index in [2.05, 4.69) is 0 Å². The number of hydrogen-bond acceptors (Lipinski definition) is 3. The van der Waals surface area contributed by atoms with Crippen LogP contribution in [0, 0.1) is 0 Å². The van der Waals surface area contributed by atoms with Crippen molar-refractivity contribution in [1.29, 1.82) is 0 Å². The molecule has 1 aliphatic heterocycles. The summed E-state index contributed by atoms with van der Waals surface area (Å²) < 4.78 is 0. The van der Waals surface area contributed by atoms with Gasteiger partial charge in [0, 0.05) is 10.0 Å². The lowest BCUT2D eigenvalue weighted by Crippen LogP contribution is -2.27. The van der Waals surface area contributed by atoms with Gasteiger partial charge in [-0.05, 0) is 47.2 Å². The fourth-order valence-electron chi connectivity index (χ4n) is 2.19. The summed E-state index contributed by atoms with van der Waals surface area (Å²) in [4.78, 5) is 26.2. The van der Waals surface area contributed by atoms with Gasteiger partial charge in [0.1, 0.15) is 0 Å². The Labute approximate surface area is 147 Å². The van der Waals surface area contributed by atoms with Crippen molar-refractivity contribution in [2.24, 2.45) is 0 Å². The Bertz CT molecular complexity index is 820. The average molecular weight is 364 g/mol. The molecule has 6 heteroatoms. The summed E-state index contributed by atoms with van der Waals surface area (Å²) in [5.41, 5.74) is 1.52. The highest BCUT2D eigenvalue weighted by molar-refractivity contribution is 8.18. The quantitative estimate of drug-likeness (QED) is 0.700. The third-order valence-corrected chi connectivity index (χ3v) is 4.78. The second-order valence-corrected chi connectivity index (χ2v) is 6.76. The van der Waals surface area contributed by atoms with Crippen molar-refractivity contribution in [3.63, 3.8) is 0 Å². The van der Waals surface area contributed by atoms with Crippen molar-refractivity contribution in [2.75, 3.05) is 0 Å². The van der Waals surface area contributed by atoms with E-state index in [-0.39, 0.29) is 17.7 Å². The van der Waals surface area contributed by atoms with Gasteiger partial charge in [0.2, 0.25) is 0 Å². The van der Waals surface area contributed by atoms with Gasteiger partial charge in [0.25, 0.3) is 11.1 Å². The number of rotatable bonds is 3. The third-order valence-electron chi connectivity index (χ3n) is 3.30. The van der Waals surface area contributed by atoms with E-state index < -0.39 is 0 Å². The van der Waals surface area contributed by atoms with Gasteiger partial charge in [-0.25, -0.2) is 0 Å². The Morgan fingerprint density at radius 1 is 1.04 bits per heavy atom. The second-order valence-electron chi connectivity index (χ2n) is 4.92. The van der Waals surface area contributed by atoms with Crippen LogP contribution < -0.4 is 0 Å². The second kappa shape index (κ2) is 6.79. The van der Waals surface area contributed by atoms with Crippen molar-refractivity contribution < 1.29 is 9.59 Å². The van der Waals surface area contributed by atoms with Crippen LogP contribution in [0.4, 0.5) is 4.79 Å². The van der Waals surface area contributed by atoms with Gasteiger partial charge in [-0.3, -0.25) is 14.5 Å². The molecule has 0 unspecified atom stereocenters. The molecule has 23 heavy (non-hydrogen) atoms. The van der Waals surface area contributed by atoms with E-state index in [9.17, 15) is 9.59 Å². The zero-order chi connectivity index (χ0) is 16.4. The van der Waals surface area contributed by atoms with E-state index >= 15 is 0 Å². The fourth-order valence-corrected chi connectivity index (χ4v) is 3.42. The molecule has 2 aromatic rings. The molecule has 0 saturated carbocycles. The SMILES string of the molecule is O=C1S/C(=C\c2ccccc2Cl)C(=O)N1Cc1cccc(Cl)c1. The zero-order valence-corrected chi connectivity index (χ0v) is 14.2. The first-order valence-corrected chi connectivity index (χ1v) is 8.36. The van der Waals surface area contributed by atoms with Gasteiger partial charge in [-0.1, -0.05) is 53.5 Å². The first-order valence-electron chi connectivity index (χ1n) is 6.79. The number of imide groups is 1. The average Bonchev–Trinajstić information content (AvgIpc) is 2.77. The van der Waals surface area contributed by atoms with Gasteiger partial charge in [-0.15, -0.1) is 0 Å². The van der Waals surface area contributed by atoms with Crippen molar-refractivity contribution in [2.45, 2.75) is 6.54 Å². The van der Waals surface area contributed by atoms with E-state index in [1.807, 2.05) is 18.2 Å². The maximum atomic E-state index is 12.5. The Balaban J connectivity index is 1.84. The topological polar surface area (TPSA) is 37.4 Å². The van der Waals surface area contributed by atoms with Crippen molar-refractivity contribution in [3.05, 3.63) is 74.6 Å². The zero-order valence-electron chi connectivity index (χ0n) is 11.8. The van der Waals surface area contributed by atoms with Crippen LogP contribution in [0.5, 0.6) is 0 Å². The van der Waals surface area contributed by atoms with Crippen LogP contribution in [-0.4, -0.2) is 16.0 Å². The predicted molar refractivity (Wildman–Crippen MR) is 94.4 cm³/mol. The standard InChI is InChI=1S/C17H11Cl2NO2S/c18-13-6-3-4-11(8-13)10-20-16(21)15(23-17(20)22)9-12-5-1-2-7-14(12)19/h1-9H,10H2/b15-9-. The molecule has 3 rings (SSSR count). The van der Waals surface area contributed by atoms with Gasteiger partial charge >= 0.3 is 0 Å². The number of benzene rings is 2. The lowest BCUT2D eigenvalue weighted by Gasteiger charge is -2.12. The number of halogens is 2. The minimum Gasteiger partial charge on any atom is -0.268 e. The van der Waals surface area contributed by atoms with Crippen LogP contribution in [0.1, 0.15) is 11.1 Å². The highest BCUT2D eigenvalue weighted by Crippen LogP contribution is 2.34. The van der Waals surface area contributed by atoms with Crippen LogP contribution in [0.2, 0.25) is 10.0 Å². The first kappa shape index (κ1) is 16.1. The summed E-state index contributed by atoms with van der Waals surface area (Å²) in [6.07, 6.45) is 1.64. The van der Waals surface area contributed by atoms with Gasteiger partial charge < -0.3 is 0 Å². The van der Waals surface area contributed by atoms with Crippen LogP contribution in [0.15, 0.2) is 53.4 Å². The number of nitrogens with zero attached hydrogens (tertiary/aromatic N) is 1. The van der Waals surface area contributed by atoms with Crippen LogP contribution >= 0.6 is 35.0 Å². The largest absolute Gasteiger partial charge is 0.293 e. The van der Waals surface area contributed by atoms with E-state index in [0.29, 0.717) is 20.5 Å². The number of hydrogen-bond donors (Lipinski definition) is 0. The smallest absolute Gasteiger partial charge is 0.268 e. The molecule has 2 aromatic carbocycles. The Kier molecular flexibility index (Phi) is 4.76. The van der Waals surface area contributed by atoms with Crippen LogP contribution in [-0.2, 0) is 11.3 Å². The lowest BCUT2D eigenvalue weighted by atomic mass is 10.2. The fraction of sp³-hybridized carbons (Fsp3) is 0.0588. The molecule has 0 aliphatic carbocycles. The Morgan fingerprint density at radius 2 is 1.83 bits per heavy atom. The summed E-state index contributed by atoms with van der Waals surface area (Å²) in [5, 5.41) is 0.809. The van der Waals surface area contributed by atoms with Crippen LogP contribution in [0.25, 0.3) is 6.08 Å². The summed E-state index contributed by atoms with van der Waals surface area (Å²) in [5.74, 6) is -0.320. The van der Waals surface area contributed by atoms with Crippen molar-refractivity contribution in [1.82, 2.24) is 4.90 Å². The molecule has 0 bridgehead atoms. The normalized spacial score (nSPS) is 16.4. The molecule has 0 N–H and O–H groups in total. The molecule has 2 amide bonds. The predicted octanol–water partition coefficient (Wildman–Crippen LogP) is 5.23. The molecule has 1 fully saturated rings. The molecule has 1 heterocycles.